The van der Waals surface area contributed by atoms with E-state index in [9.17, 15) is 4.79 Å². The molecule has 0 saturated heterocycles. The van der Waals surface area contributed by atoms with Gasteiger partial charge in [-0.15, -0.1) is 5.10 Å². The average molecular weight is 417 g/mol. The van der Waals surface area contributed by atoms with E-state index in [0.29, 0.717) is 17.9 Å². The molecule has 1 amide bonds. The highest BCUT2D eigenvalue weighted by atomic mass is 16.5. The Morgan fingerprint density at radius 3 is 2.58 bits per heavy atom. The lowest BCUT2D eigenvalue weighted by Gasteiger charge is -2.17. The number of hydrogen-bond donors (Lipinski definition) is 1. The van der Waals surface area contributed by atoms with Gasteiger partial charge in [0.1, 0.15) is 23.8 Å². The first kappa shape index (κ1) is 20.3. The van der Waals surface area contributed by atoms with Gasteiger partial charge in [0, 0.05) is 23.9 Å². The van der Waals surface area contributed by atoms with E-state index in [1.165, 1.54) is 11.0 Å². The fraction of sp³-hybridized carbons (Fsp3) is 0.227. The van der Waals surface area contributed by atoms with E-state index < -0.39 is 6.04 Å². The Balaban J connectivity index is 1.59. The number of benzene rings is 2. The first-order valence-electron chi connectivity index (χ1n) is 9.84. The Morgan fingerprint density at radius 1 is 1.13 bits per heavy atom. The van der Waals surface area contributed by atoms with Crippen LogP contribution in [0.1, 0.15) is 23.0 Å². The minimum absolute atomic E-state index is 0.225. The number of nitrogens with one attached hydrogen (secondary N) is 1. The van der Waals surface area contributed by atoms with Gasteiger partial charge in [0.2, 0.25) is 5.91 Å². The average Bonchev–Trinajstić information content (AvgIpc) is 3.42. The van der Waals surface area contributed by atoms with Crippen molar-refractivity contribution in [3.05, 3.63) is 77.9 Å². The summed E-state index contributed by atoms with van der Waals surface area (Å²) in [5, 5.41) is 18.8. The first-order valence-corrected chi connectivity index (χ1v) is 9.84. The molecule has 0 aliphatic carbocycles. The summed E-state index contributed by atoms with van der Waals surface area (Å²) in [7, 11) is 1.59. The highest BCUT2D eigenvalue weighted by molar-refractivity contribution is 5.94. The highest BCUT2D eigenvalue weighted by Crippen LogP contribution is 2.28. The third-order valence-corrected chi connectivity index (χ3v) is 4.94. The van der Waals surface area contributed by atoms with Crippen LogP contribution in [0.3, 0.4) is 0 Å². The number of hydrogen-bond acceptors (Lipinski definition) is 6. The van der Waals surface area contributed by atoms with Gasteiger partial charge in [-0.3, -0.25) is 4.79 Å². The molecule has 9 heteroatoms. The lowest BCUT2D eigenvalue weighted by atomic mass is 10.1. The molecule has 4 rings (SSSR count). The van der Waals surface area contributed by atoms with Gasteiger partial charge in [-0.05, 0) is 48.0 Å². The van der Waals surface area contributed by atoms with Crippen LogP contribution in [0.4, 0.5) is 5.69 Å². The maximum absolute atomic E-state index is 13.1. The molecule has 0 radical (unpaired) electrons. The second kappa shape index (κ2) is 8.78. The molecule has 9 nitrogen and oxygen atoms in total. The molecule has 2 aromatic carbocycles. The van der Waals surface area contributed by atoms with Crippen LogP contribution in [0.5, 0.6) is 5.75 Å². The van der Waals surface area contributed by atoms with E-state index >= 15 is 0 Å². The number of aryl methyl sites for hydroxylation is 2. The van der Waals surface area contributed by atoms with Crippen molar-refractivity contribution in [3.8, 4) is 11.4 Å². The smallest absolute Gasteiger partial charge is 0.249 e. The molecule has 158 valence electrons. The maximum atomic E-state index is 13.1. The summed E-state index contributed by atoms with van der Waals surface area (Å²) >= 11 is 0. The summed E-state index contributed by atoms with van der Waals surface area (Å²) in [6, 6.07) is 16.6. The summed E-state index contributed by atoms with van der Waals surface area (Å²) in [4.78, 5) is 13.1. The number of carbonyl (C=O) groups excluding carboxylic acids is 1. The first-order chi connectivity index (χ1) is 15.0. The van der Waals surface area contributed by atoms with Crippen molar-refractivity contribution < 1.29 is 9.53 Å². The molecular formula is C22H23N7O2. The highest BCUT2D eigenvalue weighted by Gasteiger charge is 2.23. The number of amides is 1. The molecule has 0 unspecified atom stereocenters. The quantitative estimate of drug-likeness (QED) is 0.496. The summed E-state index contributed by atoms with van der Waals surface area (Å²) in [5.74, 6) is 0.378. The third kappa shape index (κ3) is 4.45. The Bertz CT molecular complexity index is 1170. The number of carbonyl (C=O) groups is 1. The predicted molar refractivity (Wildman–Crippen MR) is 115 cm³/mol. The largest absolute Gasteiger partial charge is 0.494 e. The van der Waals surface area contributed by atoms with Gasteiger partial charge in [0.25, 0.3) is 0 Å². The van der Waals surface area contributed by atoms with Crippen molar-refractivity contribution >= 4 is 11.6 Å². The van der Waals surface area contributed by atoms with Crippen molar-refractivity contribution in [2.75, 3.05) is 12.4 Å². The number of methoxy groups -OCH3 is 1. The van der Waals surface area contributed by atoms with Crippen molar-refractivity contribution in [2.45, 2.75) is 26.3 Å². The normalized spacial score (nSPS) is 11.8. The summed E-state index contributed by atoms with van der Waals surface area (Å²) in [5.41, 5.74) is 4.33. The number of anilines is 1. The molecular weight excluding hydrogens is 394 g/mol. The summed E-state index contributed by atoms with van der Waals surface area (Å²) < 4.78 is 8.85. The maximum Gasteiger partial charge on any atom is 0.249 e. The van der Waals surface area contributed by atoms with Crippen LogP contribution in [0.2, 0.25) is 0 Å². The van der Waals surface area contributed by atoms with E-state index in [-0.39, 0.29) is 5.91 Å². The van der Waals surface area contributed by atoms with Crippen LogP contribution in [0, 0.1) is 13.8 Å². The van der Waals surface area contributed by atoms with Gasteiger partial charge in [-0.1, -0.05) is 30.3 Å². The fourth-order valence-corrected chi connectivity index (χ4v) is 3.48. The molecule has 2 aromatic heterocycles. The minimum Gasteiger partial charge on any atom is -0.494 e. The molecule has 0 bridgehead atoms. The van der Waals surface area contributed by atoms with E-state index in [0.717, 1.165) is 22.6 Å². The lowest BCUT2D eigenvalue weighted by molar-refractivity contribution is -0.119. The molecule has 0 saturated carbocycles. The topological polar surface area (TPSA) is 99.7 Å². The van der Waals surface area contributed by atoms with Gasteiger partial charge in [0.05, 0.1) is 12.8 Å². The number of tetrazole rings is 1. The van der Waals surface area contributed by atoms with Gasteiger partial charge in [0.15, 0.2) is 0 Å². The van der Waals surface area contributed by atoms with E-state index in [1.807, 2.05) is 67.1 Å². The number of ether oxygens (including phenoxy) is 1. The van der Waals surface area contributed by atoms with Gasteiger partial charge < -0.3 is 10.1 Å². The van der Waals surface area contributed by atoms with Gasteiger partial charge in [-0.2, -0.15) is 5.10 Å². The summed E-state index contributed by atoms with van der Waals surface area (Å²) in [6.45, 7) is 3.92. The Hall–Kier alpha value is -4.01. The van der Waals surface area contributed by atoms with Crippen LogP contribution in [-0.2, 0) is 11.2 Å². The molecule has 2 heterocycles. The zero-order valence-electron chi connectivity index (χ0n) is 17.6. The number of aromatic nitrogens is 6. The Morgan fingerprint density at radius 2 is 1.94 bits per heavy atom. The lowest BCUT2D eigenvalue weighted by Crippen LogP contribution is -2.28. The van der Waals surface area contributed by atoms with Gasteiger partial charge in [-0.25, -0.2) is 9.36 Å². The standard InChI is InChI=1S/C22H23N7O2/c1-15-11-16(2)29(25-15)19-10-9-18(13-21(19)31-3)24-22(30)20(28-14-23-26-27-28)12-17-7-5-4-6-8-17/h4-11,13-14,20H,12H2,1-3H3,(H,24,30)/t20-/m1/s1. The fourth-order valence-electron chi connectivity index (χ4n) is 3.48. The Labute approximate surface area is 179 Å². The molecule has 0 spiro atoms. The van der Waals surface area contributed by atoms with Crippen molar-refractivity contribution in [1.29, 1.82) is 0 Å². The second-order valence-electron chi connectivity index (χ2n) is 7.21. The monoisotopic (exact) mass is 417 g/mol. The zero-order valence-corrected chi connectivity index (χ0v) is 17.6. The molecule has 1 atom stereocenters. The van der Waals surface area contributed by atoms with E-state index in [2.05, 4.69) is 25.9 Å². The van der Waals surface area contributed by atoms with Crippen molar-refractivity contribution in [2.24, 2.45) is 0 Å². The zero-order chi connectivity index (χ0) is 21.8. The Kier molecular flexibility index (Phi) is 5.74. The third-order valence-electron chi connectivity index (χ3n) is 4.94. The predicted octanol–water partition coefficient (Wildman–Crippen LogP) is 2.91. The van der Waals surface area contributed by atoms with Crippen LogP contribution in [0.15, 0.2) is 60.9 Å². The molecule has 4 aromatic rings. The number of rotatable bonds is 7. The molecule has 0 aliphatic rings. The van der Waals surface area contributed by atoms with Crippen molar-refractivity contribution in [3.63, 3.8) is 0 Å². The molecule has 0 aliphatic heterocycles. The molecule has 0 fully saturated rings. The van der Waals surface area contributed by atoms with Crippen LogP contribution >= 0.6 is 0 Å². The molecule has 31 heavy (non-hydrogen) atoms. The molecule has 1 N–H and O–H groups in total. The second-order valence-corrected chi connectivity index (χ2v) is 7.21. The number of nitrogens with zero attached hydrogens (tertiary/aromatic N) is 6. The summed E-state index contributed by atoms with van der Waals surface area (Å²) in [6.07, 6.45) is 1.90. The van der Waals surface area contributed by atoms with E-state index in [4.69, 9.17) is 4.74 Å². The van der Waals surface area contributed by atoms with Gasteiger partial charge >= 0.3 is 0 Å². The van der Waals surface area contributed by atoms with Crippen LogP contribution < -0.4 is 10.1 Å². The van der Waals surface area contributed by atoms with E-state index in [1.54, 1.807) is 13.2 Å². The van der Waals surface area contributed by atoms with Crippen LogP contribution in [-0.4, -0.2) is 43.0 Å². The van der Waals surface area contributed by atoms with Crippen LogP contribution in [0.25, 0.3) is 5.69 Å². The van der Waals surface area contributed by atoms with Crippen molar-refractivity contribution in [1.82, 2.24) is 30.0 Å². The SMILES string of the molecule is COc1cc(NC(=O)[C@@H](Cc2ccccc2)n2cnnn2)ccc1-n1nc(C)cc1C. The minimum atomic E-state index is -0.598.